The summed E-state index contributed by atoms with van der Waals surface area (Å²) in [5, 5.41) is 4.10. The predicted molar refractivity (Wildman–Crippen MR) is 115 cm³/mol. The van der Waals surface area contributed by atoms with Gasteiger partial charge in [0.05, 0.1) is 6.61 Å². The molecule has 0 aliphatic rings. The van der Waals surface area contributed by atoms with Crippen molar-refractivity contribution in [3.8, 4) is 11.5 Å². The normalized spacial score (nSPS) is 10.7. The van der Waals surface area contributed by atoms with Gasteiger partial charge in [-0.25, -0.2) is 0 Å². The van der Waals surface area contributed by atoms with E-state index in [9.17, 15) is 0 Å². The number of benzene rings is 3. The van der Waals surface area contributed by atoms with Crippen molar-refractivity contribution in [3.63, 3.8) is 0 Å². The molecule has 28 heavy (non-hydrogen) atoms. The average molecular weight is 396 g/mol. The van der Waals surface area contributed by atoms with Crippen molar-refractivity contribution < 1.29 is 9.47 Å². The van der Waals surface area contributed by atoms with Crippen LogP contribution in [0.25, 0.3) is 0 Å². The summed E-state index contributed by atoms with van der Waals surface area (Å²) in [5.41, 5.74) is 4.57. The van der Waals surface area contributed by atoms with E-state index in [1.54, 1.807) is 0 Å². The van der Waals surface area contributed by atoms with Gasteiger partial charge >= 0.3 is 0 Å². The van der Waals surface area contributed by atoms with Crippen molar-refractivity contribution in [1.82, 2.24) is 5.32 Å². The maximum Gasteiger partial charge on any atom is 0.163 e. The van der Waals surface area contributed by atoms with Crippen LogP contribution in [0.3, 0.4) is 0 Å². The number of rotatable bonds is 9. The number of hydrogen-bond acceptors (Lipinski definition) is 3. The number of ether oxygens (including phenoxy) is 2. The molecule has 0 fully saturated rings. The topological polar surface area (TPSA) is 30.5 Å². The molecule has 0 aliphatic carbocycles. The van der Waals surface area contributed by atoms with Gasteiger partial charge < -0.3 is 14.8 Å². The maximum absolute atomic E-state index is 6.51. The molecular formula is C24H26ClNO2. The van der Waals surface area contributed by atoms with Crippen LogP contribution >= 0.6 is 11.6 Å². The molecule has 0 saturated carbocycles. The van der Waals surface area contributed by atoms with Crippen LogP contribution < -0.4 is 14.8 Å². The molecule has 0 aromatic heterocycles. The van der Waals surface area contributed by atoms with Crippen molar-refractivity contribution in [2.75, 3.05) is 6.61 Å². The number of aryl methyl sites for hydroxylation is 1. The summed E-state index contributed by atoms with van der Waals surface area (Å²) < 4.78 is 11.8. The van der Waals surface area contributed by atoms with E-state index in [1.165, 1.54) is 11.1 Å². The minimum absolute atomic E-state index is 0.474. The van der Waals surface area contributed by atoms with Crippen LogP contribution in [-0.4, -0.2) is 6.61 Å². The minimum atomic E-state index is 0.474. The van der Waals surface area contributed by atoms with Gasteiger partial charge in [0.15, 0.2) is 11.5 Å². The first kappa shape index (κ1) is 20.2. The maximum atomic E-state index is 6.51. The van der Waals surface area contributed by atoms with Crippen LogP contribution in [0, 0.1) is 6.92 Å². The van der Waals surface area contributed by atoms with Gasteiger partial charge in [-0.15, -0.1) is 0 Å². The molecule has 146 valence electrons. The Morgan fingerprint density at radius 1 is 0.821 bits per heavy atom. The van der Waals surface area contributed by atoms with Gasteiger partial charge in [-0.05, 0) is 36.6 Å². The van der Waals surface area contributed by atoms with Gasteiger partial charge in [-0.1, -0.05) is 71.8 Å². The first-order valence-electron chi connectivity index (χ1n) is 9.54. The summed E-state index contributed by atoms with van der Waals surface area (Å²) in [7, 11) is 0. The second-order valence-electron chi connectivity index (χ2n) is 6.69. The lowest BCUT2D eigenvalue weighted by atomic mass is 10.1. The first-order valence-corrected chi connectivity index (χ1v) is 9.91. The Morgan fingerprint density at radius 3 is 2.25 bits per heavy atom. The second kappa shape index (κ2) is 10.2. The number of nitrogens with one attached hydrogen (secondary N) is 1. The second-order valence-corrected chi connectivity index (χ2v) is 7.09. The SMILES string of the molecule is CCOc1cc(CNCc2ccccc2)c(Cl)cc1OCc1ccc(C)cc1. The highest BCUT2D eigenvalue weighted by Crippen LogP contribution is 2.34. The summed E-state index contributed by atoms with van der Waals surface area (Å²) in [4.78, 5) is 0. The Labute approximate surface area is 172 Å². The third kappa shape index (κ3) is 5.75. The molecule has 0 unspecified atom stereocenters. The number of halogens is 1. The Hall–Kier alpha value is -2.49. The standard InChI is InChI=1S/C24H26ClNO2/c1-3-27-23-13-21(16-26-15-19-7-5-4-6-8-19)22(25)14-24(23)28-17-20-11-9-18(2)10-12-20/h4-14,26H,3,15-17H2,1-2H3. The Kier molecular flexibility index (Phi) is 7.35. The lowest BCUT2D eigenvalue weighted by Crippen LogP contribution is -2.13. The fourth-order valence-corrected chi connectivity index (χ4v) is 3.10. The highest BCUT2D eigenvalue weighted by molar-refractivity contribution is 6.31. The fourth-order valence-electron chi connectivity index (χ4n) is 2.88. The summed E-state index contributed by atoms with van der Waals surface area (Å²) in [5.74, 6) is 1.38. The summed E-state index contributed by atoms with van der Waals surface area (Å²) >= 11 is 6.51. The molecule has 0 saturated heterocycles. The van der Waals surface area contributed by atoms with Crippen LogP contribution in [0.4, 0.5) is 0 Å². The minimum Gasteiger partial charge on any atom is -0.490 e. The van der Waals surface area contributed by atoms with Gasteiger partial charge in [0.1, 0.15) is 6.61 Å². The molecule has 0 heterocycles. The van der Waals surface area contributed by atoms with Crippen molar-refractivity contribution in [2.45, 2.75) is 33.5 Å². The molecule has 0 radical (unpaired) electrons. The Bertz CT molecular complexity index is 879. The van der Waals surface area contributed by atoms with Gasteiger partial charge in [0, 0.05) is 24.2 Å². The van der Waals surface area contributed by atoms with Crippen LogP contribution in [-0.2, 0) is 19.7 Å². The Morgan fingerprint density at radius 2 is 1.54 bits per heavy atom. The zero-order valence-corrected chi connectivity index (χ0v) is 17.1. The number of hydrogen-bond donors (Lipinski definition) is 1. The van der Waals surface area contributed by atoms with Gasteiger partial charge in [-0.2, -0.15) is 0 Å². The van der Waals surface area contributed by atoms with Crippen LogP contribution in [0.15, 0.2) is 66.7 Å². The van der Waals surface area contributed by atoms with E-state index in [-0.39, 0.29) is 0 Å². The Balaban J connectivity index is 1.67. The molecule has 0 aliphatic heterocycles. The largest absolute Gasteiger partial charge is 0.490 e. The van der Waals surface area contributed by atoms with Crippen molar-refractivity contribution in [3.05, 3.63) is 94.0 Å². The fraction of sp³-hybridized carbons (Fsp3) is 0.250. The smallest absolute Gasteiger partial charge is 0.163 e. The summed E-state index contributed by atoms with van der Waals surface area (Å²) in [6.45, 7) is 6.52. The molecular weight excluding hydrogens is 370 g/mol. The van der Waals surface area contributed by atoms with Crippen molar-refractivity contribution >= 4 is 11.6 Å². The van der Waals surface area contributed by atoms with E-state index in [2.05, 4.69) is 48.6 Å². The highest BCUT2D eigenvalue weighted by Gasteiger charge is 2.11. The third-order valence-corrected chi connectivity index (χ3v) is 4.77. The molecule has 3 aromatic rings. The van der Waals surface area contributed by atoms with Gasteiger partial charge in [0.2, 0.25) is 0 Å². The van der Waals surface area contributed by atoms with E-state index < -0.39 is 0 Å². The quantitative estimate of drug-likeness (QED) is 0.488. The van der Waals surface area contributed by atoms with E-state index >= 15 is 0 Å². The molecule has 0 spiro atoms. The molecule has 3 nitrogen and oxygen atoms in total. The first-order chi connectivity index (χ1) is 13.7. The molecule has 1 N–H and O–H groups in total. The van der Waals surface area contributed by atoms with Crippen LogP contribution in [0.5, 0.6) is 11.5 Å². The highest BCUT2D eigenvalue weighted by atomic mass is 35.5. The van der Waals surface area contributed by atoms with E-state index in [0.29, 0.717) is 30.5 Å². The lowest BCUT2D eigenvalue weighted by Gasteiger charge is -2.15. The third-order valence-electron chi connectivity index (χ3n) is 4.41. The molecule has 3 aromatic carbocycles. The molecule has 3 rings (SSSR count). The summed E-state index contributed by atoms with van der Waals surface area (Å²) in [6.07, 6.45) is 0. The van der Waals surface area contributed by atoms with E-state index in [0.717, 1.165) is 23.4 Å². The van der Waals surface area contributed by atoms with Gasteiger partial charge in [0.25, 0.3) is 0 Å². The lowest BCUT2D eigenvalue weighted by molar-refractivity contribution is 0.269. The van der Waals surface area contributed by atoms with E-state index in [4.69, 9.17) is 21.1 Å². The molecule has 0 amide bonds. The monoisotopic (exact) mass is 395 g/mol. The molecule has 0 atom stereocenters. The zero-order valence-electron chi connectivity index (χ0n) is 16.4. The molecule has 4 heteroatoms. The van der Waals surface area contributed by atoms with Crippen LogP contribution in [0.2, 0.25) is 5.02 Å². The summed E-state index contributed by atoms with van der Waals surface area (Å²) in [6, 6.07) is 22.4. The van der Waals surface area contributed by atoms with Crippen molar-refractivity contribution in [1.29, 1.82) is 0 Å². The van der Waals surface area contributed by atoms with Crippen molar-refractivity contribution in [2.24, 2.45) is 0 Å². The average Bonchev–Trinajstić information content (AvgIpc) is 2.71. The predicted octanol–water partition coefficient (Wildman–Crippen LogP) is 5.92. The van der Waals surface area contributed by atoms with Crippen LogP contribution in [0.1, 0.15) is 29.2 Å². The molecule has 0 bridgehead atoms. The van der Waals surface area contributed by atoms with E-state index in [1.807, 2.05) is 37.3 Å². The zero-order chi connectivity index (χ0) is 19.8. The van der Waals surface area contributed by atoms with Gasteiger partial charge in [-0.3, -0.25) is 0 Å².